The molecule has 2 aromatic rings. The highest BCUT2D eigenvalue weighted by molar-refractivity contribution is 5.78. The topological polar surface area (TPSA) is 58.4 Å². The number of carbonyl (C=O) groups excluding carboxylic acids is 1. The van der Waals surface area contributed by atoms with E-state index in [0.717, 1.165) is 24.2 Å². The van der Waals surface area contributed by atoms with Crippen molar-refractivity contribution in [2.24, 2.45) is 0 Å². The molecule has 1 atom stereocenters. The highest BCUT2D eigenvalue weighted by Crippen LogP contribution is 2.28. The molecule has 4 nitrogen and oxygen atoms in total. The molecule has 0 bridgehead atoms. The lowest BCUT2D eigenvalue weighted by atomic mass is 10.1. The van der Waals surface area contributed by atoms with Gasteiger partial charge in [0.15, 0.2) is 0 Å². The number of nitrogen functional groups attached to an aromatic ring is 1. The maximum Gasteiger partial charge on any atom is 0.224 e. The zero-order chi connectivity index (χ0) is 16.2. The van der Waals surface area contributed by atoms with Gasteiger partial charge in [0.25, 0.3) is 0 Å². The van der Waals surface area contributed by atoms with Gasteiger partial charge in [0.1, 0.15) is 0 Å². The summed E-state index contributed by atoms with van der Waals surface area (Å²) < 4.78 is 0. The van der Waals surface area contributed by atoms with E-state index < -0.39 is 0 Å². The fourth-order valence-corrected chi connectivity index (χ4v) is 3.08. The Morgan fingerprint density at radius 2 is 1.96 bits per heavy atom. The molecule has 0 aromatic heterocycles. The summed E-state index contributed by atoms with van der Waals surface area (Å²) in [7, 11) is 0. The molecule has 3 N–H and O–H groups in total. The molecular weight excluding hydrogens is 286 g/mol. The van der Waals surface area contributed by atoms with Gasteiger partial charge in [-0.25, -0.2) is 0 Å². The van der Waals surface area contributed by atoms with Crippen LogP contribution in [-0.2, 0) is 17.6 Å². The minimum absolute atomic E-state index is 0.0501. The number of nitrogens with two attached hydrogens (primary N) is 1. The molecule has 23 heavy (non-hydrogen) atoms. The second-order valence-corrected chi connectivity index (χ2v) is 6.14. The van der Waals surface area contributed by atoms with Crippen molar-refractivity contribution < 1.29 is 4.79 Å². The highest BCUT2D eigenvalue weighted by Gasteiger charge is 2.22. The molecule has 1 unspecified atom stereocenters. The van der Waals surface area contributed by atoms with Crippen LogP contribution in [0, 0.1) is 0 Å². The standard InChI is InChI=1S/C19H23N3O/c1-14(22-11-10-16-4-2-3-5-18(16)22)13-21-19(23)12-15-6-8-17(20)9-7-15/h2-9,14H,10-13,20H2,1H3,(H,21,23). The smallest absolute Gasteiger partial charge is 0.224 e. The van der Waals surface area contributed by atoms with Crippen molar-refractivity contribution >= 4 is 17.3 Å². The summed E-state index contributed by atoms with van der Waals surface area (Å²) in [5, 5.41) is 3.04. The molecule has 0 aliphatic carbocycles. The van der Waals surface area contributed by atoms with E-state index in [0.29, 0.717) is 13.0 Å². The summed E-state index contributed by atoms with van der Waals surface area (Å²) in [6, 6.07) is 16.2. The Balaban J connectivity index is 1.52. The Morgan fingerprint density at radius 3 is 2.74 bits per heavy atom. The predicted octanol–water partition coefficient (Wildman–Crippen LogP) is 2.38. The molecule has 3 rings (SSSR count). The first-order chi connectivity index (χ1) is 11.1. The molecule has 0 radical (unpaired) electrons. The Labute approximate surface area is 137 Å². The molecular formula is C19H23N3O. The SMILES string of the molecule is CC(CNC(=O)Cc1ccc(N)cc1)N1CCc2ccccc21. The maximum absolute atomic E-state index is 12.1. The number of nitrogens with one attached hydrogen (secondary N) is 1. The van der Waals surface area contributed by atoms with Gasteiger partial charge in [-0.1, -0.05) is 30.3 Å². The first-order valence-electron chi connectivity index (χ1n) is 8.09. The van der Waals surface area contributed by atoms with Gasteiger partial charge in [-0.05, 0) is 42.7 Å². The van der Waals surface area contributed by atoms with Gasteiger partial charge in [-0.15, -0.1) is 0 Å². The number of nitrogens with zero attached hydrogens (tertiary/aromatic N) is 1. The van der Waals surface area contributed by atoms with E-state index in [1.165, 1.54) is 11.3 Å². The summed E-state index contributed by atoms with van der Waals surface area (Å²) in [6.45, 7) is 3.84. The van der Waals surface area contributed by atoms with Crippen molar-refractivity contribution in [2.45, 2.75) is 25.8 Å². The van der Waals surface area contributed by atoms with E-state index in [2.05, 4.69) is 41.4 Å². The van der Waals surface area contributed by atoms with E-state index >= 15 is 0 Å². The third-order valence-electron chi connectivity index (χ3n) is 4.39. The second-order valence-electron chi connectivity index (χ2n) is 6.14. The Hall–Kier alpha value is -2.49. The molecule has 0 saturated carbocycles. The first-order valence-corrected chi connectivity index (χ1v) is 8.09. The number of carbonyl (C=O) groups is 1. The molecule has 1 aliphatic heterocycles. The Morgan fingerprint density at radius 1 is 1.22 bits per heavy atom. The minimum Gasteiger partial charge on any atom is -0.399 e. The van der Waals surface area contributed by atoms with Gasteiger partial charge < -0.3 is 16.0 Å². The number of anilines is 2. The zero-order valence-electron chi connectivity index (χ0n) is 13.5. The van der Waals surface area contributed by atoms with Crippen LogP contribution in [0.2, 0.25) is 0 Å². The van der Waals surface area contributed by atoms with Gasteiger partial charge in [-0.2, -0.15) is 0 Å². The number of fused-ring (bicyclic) bond motifs is 1. The molecule has 0 fully saturated rings. The van der Waals surface area contributed by atoms with Crippen LogP contribution >= 0.6 is 0 Å². The lowest BCUT2D eigenvalue weighted by Crippen LogP contribution is -2.41. The molecule has 2 aromatic carbocycles. The average Bonchev–Trinajstić information content (AvgIpc) is 2.99. The molecule has 1 heterocycles. The van der Waals surface area contributed by atoms with Crippen LogP contribution in [0.4, 0.5) is 11.4 Å². The van der Waals surface area contributed by atoms with Crippen LogP contribution in [0.5, 0.6) is 0 Å². The van der Waals surface area contributed by atoms with E-state index in [4.69, 9.17) is 5.73 Å². The van der Waals surface area contributed by atoms with Crippen molar-refractivity contribution in [3.63, 3.8) is 0 Å². The van der Waals surface area contributed by atoms with E-state index in [1.54, 1.807) is 0 Å². The fraction of sp³-hybridized carbons (Fsp3) is 0.316. The van der Waals surface area contributed by atoms with Crippen molar-refractivity contribution in [3.8, 4) is 0 Å². The maximum atomic E-state index is 12.1. The largest absolute Gasteiger partial charge is 0.399 e. The Kier molecular flexibility index (Phi) is 4.51. The molecule has 1 amide bonds. The van der Waals surface area contributed by atoms with Crippen LogP contribution in [-0.4, -0.2) is 25.0 Å². The van der Waals surface area contributed by atoms with Crippen molar-refractivity contribution in [3.05, 3.63) is 59.7 Å². The van der Waals surface area contributed by atoms with Crippen LogP contribution in [0.15, 0.2) is 48.5 Å². The summed E-state index contributed by atoms with van der Waals surface area (Å²) in [5.41, 5.74) is 10.1. The van der Waals surface area contributed by atoms with Crippen molar-refractivity contribution in [2.75, 3.05) is 23.7 Å². The highest BCUT2D eigenvalue weighted by atomic mass is 16.1. The van der Waals surface area contributed by atoms with Crippen LogP contribution in [0.3, 0.4) is 0 Å². The van der Waals surface area contributed by atoms with Gasteiger partial charge >= 0.3 is 0 Å². The lowest BCUT2D eigenvalue weighted by Gasteiger charge is -2.27. The van der Waals surface area contributed by atoms with Gasteiger partial charge in [0.05, 0.1) is 6.42 Å². The fourth-order valence-electron chi connectivity index (χ4n) is 3.08. The zero-order valence-corrected chi connectivity index (χ0v) is 13.5. The van der Waals surface area contributed by atoms with Crippen LogP contribution in [0.25, 0.3) is 0 Å². The summed E-state index contributed by atoms with van der Waals surface area (Å²) in [5.74, 6) is 0.0501. The van der Waals surface area contributed by atoms with Crippen LogP contribution < -0.4 is 16.0 Å². The van der Waals surface area contributed by atoms with Gasteiger partial charge in [0, 0.05) is 30.5 Å². The van der Waals surface area contributed by atoms with Crippen molar-refractivity contribution in [1.29, 1.82) is 0 Å². The monoisotopic (exact) mass is 309 g/mol. The Bertz CT molecular complexity index is 681. The van der Waals surface area contributed by atoms with E-state index in [1.807, 2.05) is 24.3 Å². The predicted molar refractivity (Wildman–Crippen MR) is 94.5 cm³/mol. The molecule has 4 heteroatoms. The molecule has 1 aliphatic rings. The normalized spacial score (nSPS) is 14.4. The van der Waals surface area contributed by atoms with Crippen LogP contribution in [0.1, 0.15) is 18.1 Å². The van der Waals surface area contributed by atoms with Crippen molar-refractivity contribution in [1.82, 2.24) is 5.32 Å². The third-order valence-corrected chi connectivity index (χ3v) is 4.39. The number of amides is 1. The minimum atomic E-state index is 0.0501. The number of hydrogen-bond donors (Lipinski definition) is 2. The third kappa shape index (κ3) is 3.65. The summed E-state index contributed by atoms with van der Waals surface area (Å²) in [4.78, 5) is 14.5. The van der Waals surface area contributed by atoms with E-state index in [-0.39, 0.29) is 11.9 Å². The number of rotatable bonds is 5. The summed E-state index contributed by atoms with van der Waals surface area (Å²) >= 11 is 0. The quantitative estimate of drug-likeness (QED) is 0.834. The molecule has 0 spiro atoms. The molecule has 0 saturated heterocycles. The van der Waals surface area contributed by atoms with Gasteiger partial charge in [-0.3, -0.25) is 4.79 Å². The second kappa shape index (κ2) is 6.73. The van der Waals surface area contributed by atoms with E-state index in [9.17, 15) is 4.79 Å². The van der Waals surface area contributed by atoms with Gasteiger partial charge in [0.2, 0.25) is 5.91 Å². The number of para-hydroxylation sites is 1. The lowest BCUT2D eigenvalue weighted by molar-refractivity contribution is -0.120. The summed E-state index contributed by atoms with van der Waals surface area (Å²) in [6.07, 6.45) is 1.48. The first kappa shape index (κ1) is 15.4. The molecule has 120 valence electrons. The number of hydrogen-bond acceptors (Lipinski definition) is 3. The number of benzene rings is 2. The average molecular weight is 309 g/mol.